The Morgan fingerprint density at radius 3 is 2.00 bits per heavy atom. The molecule has 6 saturated carbocycles. The zero-order valence-corrected chi connectivity index (χ0v) is 25.5. The molecule has 9 aliphatic rings. The molecule has 6 heteroatoms. The SMILES string of the molecule is CC1(C(=O)OCC2OC(C3C=C4CCCC(C4)C3)OC2COC(=O)C23CC4CC(CC(C4)C2)C3)C=C2CCCC(C2)C1. The van der Waals surface area contributed by atoms with Gasteiger partial charge in [-0.25, -0.2) is 0 Å². The van der Waals surface area contributed by atoms with Gasteiger partial charge in [0.15, 0.2) is 6.29 Å². The lowest BCUT2D eigenvalue weighted by Crippen LogP contribution is -2.51. The molecule has 0 aromatic carbocycles. The Morgan fingerprint density at radius 1 is 0.762 bits per heavy atom. The van der Waals surface area contributed by atoms with Crippen LogP contribution in [-0.2, 0) is 28.5 Å². The maximum Gasteiger partial charge on any atom is 0.315 e. The highest BCUT2D eigenvalue weighted by Gasteiger charge is 2.56. The molecule has 0 aromatic heterocycles. The molecule has 8 bridgehead atoms. The van der Waals surface area contributed by atoms with E-state index in [-0.39, 0.29) is 42.8 Å². The highest BCUT2D eigenvalue weighted by Crippen LogP contribution is 2.60. The Morgan fingerprint density at radius 2 is 1.36 bits per heavy atom. The maximum absolute atomic E-state index is 13.7. The second-order valence-corrected chi connectivity index (χ2v) is 16.2. The fraction of sp³-hybridized carbons (Fsp3) is 0.833. The number of rotatable bonds is 7. The van der Waals surface area contributed by atoms with Crippen LogP contribution in [0.2, 0.25) is 0 Å². The van der Waals surface area contributed by atoms with Gasteiger partial charge in [-0.05, 0) is 139 Å². The van der Waals surface area contributed by atoms with Crippen LogP contribution in [-0.4, -0.2) is 43.7 Å². The number of allylic oxidation sites excluding steroid dienone is 2. The lowest BCUT2D eigenvalue weighted by molar-refractivity contribution is -0.176. The zero-order valence-electron chi connectivity index (χ0n) is 25.5. The fourth-order valence-electron chi connectivity index (χ4n) is 11.3. The molecule has 0 N–H and O–H groups in total. The molecule has 6 nitrogen and oxygen atoms in total. The van der Waals surface area contributed by atoms with Gasteiger partial charge in [0.1, 0.15) is 25.4 Å². The van der Waals surface area contributed by atoms with E-state index in [1.807, 2.05) is 6.92 Å². The Labute approximate surface area is 251 Å². The molecule has 42 heavy (non-hydrogen) atoms. The van der Waals surface area contributed by atoms with Gasteiger partial charge in [-0.3, -0.25) is 9.59 Å². The van der Waals surface area contributed by atoms with E-state index < -0.39 is 17.6 Å². The first-order valence-electron chi connectivity index (χ1n) is 17.4. The fourth-order valence-corrected chi connectivity index (χ4v) is 11.3. The number of esters is 2. The van der Waals surface area contributed by atoms with Crippen molar-refractivity contribution in [3.8, 4) is 0 Å². The lowest BCUT2D eigenvalue weighted by atomic mass is 9.49. The highest BCUT2D eigenvalue weighted by molar-refractivity contribution is 5.79. The molecule has 230 valence electrons. The largest absolute Gasteiger partial charge is 0.462 e. The molecule has 7 fully saturated rings. The molecule has 7 unspecified atom stereocenters. The summed E-state index contributed by atoms with van der Waals surface area (Å²) in [6.07, 6.45) is 21.8. The van der Waals surface area contributed by atoms with Crippen molar-refractivity contribution in [1.82, 2.24) is 0 Å². The normalized spacial score (nSPS) is 47.0. The molecule has 0 spiro atoms. The number of ether oxygens (including phenoxy) is 4. The average molecular weight is 579 g/mol. The van der Waals surface area contributed by atoms with Crippen LogP contribution >= 0.6 is 0 Å². The van der Waals surface area contributed by atoms with Crippen LogP contribution in [0.1, 0.15) is 110 Å². The minimum Gasteiger partial charge on any atom is -0.462 e. The molecule has 1 heterocycles. The smallest absolute Gasteiger partial charge is 0.315 e. The predicted molar refractivity (Wildman–Crippen MR) is 157 cm³/mol. The quantitative estimate of drug-likeness (QED) is 0.238. The van der Waals surface area contributed by atoms with Crippen molar-refractivity contribution in [2.75, 3.05) is 13.2 Å². The van der Waals surface area contributed by atoms with Crippen LogP contribution in [0.3, 0.4) is 0 Å². The Kier molecular flexibility index (Phi) is 7.13. The van der Waals surface area contributed by atoms with Crippen LogP contribution < -0.4 is 0 Å². The third kappa shape index (κ3) is 5.21. The van der Waals surface area contributed by atoms with Gasteiger partial charge < -0.3 is 18.9 Å². The van der Waals surface area contributed by atoms with Gasteiger partial charge in [0, 0.05) is 5.92 Å². The van der Waals surface area contributed by atoms with Crippen molar-refractivity contribution >= 4 is 11.9 Å². The summed E-state index contributed by atoms with van der Waals surface area (Å²) in [4.78, 5) is 27.2. The lowest BCUT2D eigenvalue weighted by Gasteiger charge is -2.55. The van der Waals surface area contributed by atoms with Gasteiger partial charge in [0.25, 0.3) is 0 Å². The summed E-state index contributed by atoms with van der Waals surface area (Å²) in [5.41, 5.74) is 2.10. The summed E-state index contributed by atoms with van der Waals surface area (Å²) in [7, 11) is 0. The molecular formula is C36H50O6. The molecule has 0 radical (unpaired) electrons. The van der Waals surface area contributed by atoms with Crippen LogP contribution in [0.15, 0.2) is 23.3 Å². The number of carbonyl (C=O) groups excluding carboxylic acids is 2. The van der Waals surface area contributed by atoms with Gasteiger partial charge in [-0.2, -0.15) is 0 Å². The van der Waals surface area contributed by atoms with Gasteiger partial charge in [0.05, 0.1) is 10.8 Å². The van der Waals surface area contributed by atoms with Gasteiger partial charge in [-0.15, -0.1) is 0 Å². The van der Waals surface area contributed by atoms with Gasteiger partial charge >= 0.3 is 11.9 Å². The third-order valence-electron chi connectivity index (χ3n) is 12.7. The molecule has 9 rings (SSSR count). The Hall–Kier alpha value is -1.66. The molecule has 0 amide bonds. The first-order valence-corrected chi connectivity index (χ1v) is 17.4. The van der Waals surface area contributed by atoms with Crippen molar-refractivity contribution in [1.29, 1.82) is 0 Å². The van der Waals surface area contributed by atoms with E-state index in [0.717, 1.165) is 44.9 Å². The van der Waals surface area contributed by atoms with Gasteiger partial charge in [-0.1, -0.05) is 23.3 Å². The second kappa shape index (κ2) is 10.8. The van der Waals surface area contributed by atoms with Gasteiger partial charge in [0.2, 0.25) is 0 Å². The summed E-state index contributed by atoms with van der Waals surface area (Å²) >= 11 is 0. The van der Waals surface area contributed by atoms with Crippen molar-refractivity contribution in [2.24, 2.45) is 46.3 Å². The minimum absolute atomic E-state index is 0.0217. The molecular weight excluding hydrogens is 528 g/mol. The number of fused-ring (bicyclic) bond motifs is 4. The predicted octanol–water partition coefficient (Wildman–Crippen LogP) is 7.06. The topological polar surface area (TPSA) is 71.1 Å². The van der Waals surface area contributed by atoms with E-state index in [0.29, 0.717) is 29.6 Å². The van der Waals surface area contributed by atoms with E-state index in [1.165, 1.54) is 68.9 Å². The van der Waals surface area contributed by atoms with E-state index in [4.69, 9.17) is 18.9 Å². The Balaban J connectivity index is 0.951. The van der Waals surface area contributed by atoms with Crippen LogP contribution in [0.4, 0.5) is 0 Å². The molecule has 0 aromatic rings. The summed E-state index contributed by atoms with van der Waals surface area (Å²) < 4.78 is 25.3. The van der Waals surface area contributed by atoms with E-state index >= 15 is 0 Å². The first kappa shape index (κ1) is 27.9. The number of hydrogen-bond acceptors (Lipinski definition) is 6. The number of carbonyl (C=O) groups is 2. The second-order valence-electron chi connectivity index (χ2n) is 16.2. The standard InChI is InChI=1S/C36H50O6/c1-35(15-24-6-3-7-25(9-24)16-35)33(37)39-20-30-31(42-32(41-30)29-13-22-4-2-5-23(8-22)14-29)21-40-34(38)36-17-26-10-27(18-36)12-28(11-26)19-36/h13,15,23,25-32H,2-12,14,16-21H2,1H3. The van der Waals surface area contributed by atoms with E-state index in [2.05, 4.69) is 12.2 Å². The first-order chi connectivity index (χ1) is 20.3. The summed E-state index contributed by atoms with van der Waals surface area (Å²) in [6.45, 7) is 2.36. The summed E-state index contributed by atoms with van der Waals surface area (Å²) in [5, 5.41) is 0. The van der Waals surface area contributed by atoms with Crippen LogP contribution in [0, 0.1) is 46.3 Å². The van der Waals surface area contributed by atoms with E-state index in [1.54, 1.807) is 0 Å². The minimum atomic E-state index is -0.566. The maximum atomic E-state index is 13.7. The molecule has 1 aliphatic heterocycles. The van der Waals surface area contributed by atoms with Crippen molar-refractivity contribution < 1.29 is 28.5 Å². The third-order valence-corrected chi connectivity index (χ3v) is 12.7. The van der Waals surface area contributed by atoms with Crippen molar-refractivity contribution in [2.45, 2.75) is 128 Å². The highest BCUT2D eigenvalue weighted by atomic mass is 16.7. The van der Waals surface area contributed by atoms with Crippen molar-refractivity contribution in [3.63, 3.8) is 0 Å². The number of hydrogen-bond donors (Lipinski definition) is 0. The molecule has 7 atom stereocenters. The Bertz CT molecular complexity index is 1120. The van der Waals surface area contributed by atoms with Crippen LogP contribution in [0.25, 0.3) is 0 Å². The van der Waals surface area contributed by atoms with Crippen molar-refractivity contribution in [3.05, 3.63) is 23.3 Å². The summed E-state index contributed by atoms with van der Waals surface area (Å²) in [5.74, 6) is 3.41. The van der Waals surface area contributed by atoms with Crippen LogP contribution in [0.5, 0.6) is 0 Å². The van der Waals surface area contributed by atoms with E-state index in [9.17, 15) is 9.59 Å². The average Bonchev–Trinajstić information content (AvgIpc) is 3.36. The molecule has 8 aliphatic carbocycles. The zero-order chi connectivity index (χ0) is 28.5. The summed E-state index contributed by atoms with van der Waals surface area (Å²) in [6, 6.07) is 0. The molecule has 1 saturated heterocycles. The monoisotopic (exact) mass is 578 g/mol.